The van der Waals surface area contributed by atoms with Gasteiger partial charge in [0.05, 0.1) is 21.8 Å². The van der Waals surface area contributed by atoms with Crippen molar-refractivity contribution in [3.8, 4) is 5.75 Å². The van der Waals surface area contributed by atoms with Crippen molar-refractivity contribution in [1.82, 2.24) is 10.2 Å². The number of nitrogens with one attached hydrogen (secondary N) is 2. The third-order valence-corrected chi connectivity index (χ3v) is 2.55. The second kappa shape index (κ2) is 4.94. The highest BCUT2D eigenvalue weighted by atomic mass is 35.5. The molecule has 0 radical (unpaired) electrons. The summed E-state index contributed by atoms with van der Waals surface area (Å²) >= 11 is 5.70. The summed E-state index contributed by atoms with van der Waals surface area (Å²) in [7, 11) is 0. The molecule has 1 heterocycles. The molecule has 1 amide bonds. The maximum Gasteiger partial charge on any atom is 0.275 e. The summed E-state index contributed by atoms with van der Waals surface area (Å²) in [5, 5.41) is 28.5. The van der Waals surface area contributed by atoms with Crippen LogP contribution >= 0.6 is 11.6 Å². The molecule has 0 aliphatic carbocycles. The van der Waals surface area contributed by atoms with Gasteiger partial charge < -0.3 is 10.4 Å². The molecule has 0 atom stereocenters. The third kappa shape index (κ3) is 2.63. The van der Waals surface area contributed by atoms with Crippen LogP contribution in [0.15, 0.2) is 24.4 Å². The van der Waals surface area contributed by atoms with Crippen LogP contribution in [-0.4, -0.2) is 26.1 Å². The van der Waals surface area contributed by atoms with Gasteiger partial charge in [-0.2, -0.15) is 5.10 Å². The topological polar surface area (TPSA) is 121 Å². The molecular weight excluding hydrogens is 276 g/mol. The van der Waals surface area contributed by atoms with E-state index in [9.17, 15) is 20.0 Å². The molecule has 0 spiro atoms. The van der Waals surface area contributed by atoms with E-state index < -0.39 is 10.8 Å². The zero-order chi connectivity index (χ0) is 14.0. The van der Waals surface area contributed by atoms with Crippen molar-refractivity contribution in [2.45, 2.75) is 0 Å². The van der Waals surface area contributed by atoms with Gasteiger partial charge in [-0.15, -0.1) is 0 Å². The summed E-state index contributed by atoms with van der Waals surface area (Å²) in [6.07, 6.45) is 1.24. The molecule has 0 fully saturated rings. The van der Waals surface area contributed by atoms with Gasteiger partial charge in [0.15, 0.2) is 0 Å². The number of nitro groups is 1. The number of benzene rings is 1. The van der Waals surface area contributed by atoms with Gasteiger partial charge in [0.25, 0.3) is 11.6 Å². The van der Waals surface area contributed by atoms with E-state index in [1.165, 1.54) is 6.20 Å². The average molecular weight is 283 g/mol. The monoisotopic (exact) mass is 282 g/mol. The van der Waals surface area contributed by atoms with Gasteiger partial charge in [-0.3, -0.25) is 20.0 Å². The fourth-order valence-electron chi connectivity index (χ4n) is 1.35. The maximum atomic E-state index is 11.8. The standard InChI is InChI=1S/C10H7ClN4O4/c11-6-4-12-14-9(6)10(17)13-7-3-5(15(18)19)1-2-8(7)16/h1-4,16H,(H,12,14)(H,13,17). The molecule has 2 aromatic rings. The number of anilines is 1. The number of nitro benzene ring substituents is 1. The van der Waals surface area contributed by atoms with E-state index in [2.05, 4.69) is 15.5 Å². The quantitative estimate of drug-likeness (QED) is 0.451. The zero-order valence-corrected chi connectivity index (χ0v) is 10.0. The highest BCUT2D eigenvalue weighted by Gasteiger charge is 2.16. The molecule has 0 aliphatic heterocycles. The first kappa shape index (κ1) is 12.8. The number of rotatable bonds is 3. The lowest BCUT2D eigenvalue weighted by Gasteiger charge is -2.06. The number of aromatic hydroxyl groups is 1. The van der Waals surface area contributed by atoms with Gasteiger partial charge in [0, 0.05) is 12.1 Å². The number of hydrogen-bond acceptors (Lipinski definition) is 5. The molecule has 0 saturated heterocycles. The van der Waals surface area contributed by atoms with Crippen LogP contribution in [0.3, 0.4) is 0 Å². The van der Waals surface area contributed by atoms with Gasteiger partial charge in [-0.25, -0.2) is 0 Å². The minimum Gasteiger partial charge on any atom is -0.506 e. The van der Waals surface area contributed by atoms with Crippen LogP contribution in [-0.2, 0) is 0 Å². The molecule has 3 N–H and O–H groups in total. The predicted molar refractivity (Wildman–Crippen MR) is 66.3 cm³/mol. The zero-order valence-electron chi connectivity index (χ0n) is 9.25. The van der Waals surface area contributed by atoms with E-state index in [0.29, 0.717) is 0 Å². The number of phenolic OH excluding ortho intramolecular Hbond substituents is 1. The Kier molecular flexibility index (Phi) is 3.34. The number of carbonyl (C=O) groups is 1. The molecule has 1 aromatic heterocycles. The van der Waals surface area contributed by atoms with Gasteiger partial charge in [-0.1, -0.05) is 11.6 Å². The van der Waals surface area contributed by atoms with Gasteiger partial charge in [0.1, 0.15) is 11.4 Å². The molecule has 0 aliphatic rings. The Balaban J connectivity index is 2.28. The summed E-state index contributed by atoms with van der Waals surface area (Å²) in [5.41, 5.74) is -0.360. The molecule has 9 heteroatoms. The number of hydrogen-bond donors (Lipinski definition) is 3. The number of H-pyrrole nitrogens is 1. The number of nitrogens with zero attached hydrogens (tertiary/aromatic N) is 2. The van der Waals surface area contributed by atoms with E-state index in [0.717, 1.165) is 18.2 Å². The van der Waals surface area contributed by atoms with E-state index in [-0.39, 0.29) is 27.8 Å². The molecule has 19 heavy (non-hydrogen) atoms. The van der Waals surface area contributed by atoms with E-state index >= 15 is 0 Å². The molecule has 0 saturated carbocycles. The highest BCUT2D eigenvalue weighted by molar-refractivity contribution is 6.34. The van der Waals surface area contributed by atoms with Crippen molar-refractivity contribution in [2.24, 2.45) is 0 Å². The van der Waals surface area contributed by atoms with Crippen LogP contribution in [0.1, 0.15) is 10.5 Å². The fraction of sp³-hybridized carbons (Fsp3) is 0. The van der Waals surface area contributed by atoms with Crippen molar-refractivity contribution in [3.63, 3.8) is 0 Å². The van der Waals surface area contributed by atoms with Crippen LogP contribution in [0.25, 0.3) is 0 Å². The maximum absolute atomic E-state index is 11.8. The third-order valence-electron chi connectivity index (χ3n) is 2.26. The molecular formula is C10H7ClN4O4. The summed E-state index contributed by atoms with van der Waals surface area (Å²) < 4.78 is 0. The SMILES string of the molecule is O=C(Nc1cc([N+](=O)[O-])ccc1O)c1[nH]ncc1Cl. The smallest absolute Gasteiger partial charge is 0.275 e. The van der Waals surface area contributed by atoms with Crippen LogP contribution in [0, 0.1) is 10.1 Å². The lowest BCUT2D eigenvalue weighted by Crippen LogP contribution is -2.13. The molecule has 0 bridgehead atoms. The summed E-state index contributed by atoms with van der Waals surface area (Å²) in [6, 6.07) is 3.27. The number of aromatic amines is 1. The molecule has 8 nitrogen and oxygen atoms in total. The molecule has 1 aromatic carbocycles. The summed E-state index contributed by atoms with van der Waals surface area (Å²) in [6.45, 7) is 0. The van der Waals surface area contributed by atoms with Gasteiger partial charge >= 0.3 is 0 Å². The minimum atomic E-state index is -0.668. The van der Waals surface area contributed by atoms with Crippen molar-refractivity contribution in [2.75, 3.05) is 5.32 Å². The second-order valence-electron chi connectivity index (χ2n) is 3.51. The number of carbonyl (C=O) groups excluding carboxylic acids is 1. The highest BCUT2D eigenvalue weighted by Crippen LogP contribution is 2.28. The number of amides is 1. The molecule has 2 rings (SSSR count). The summed E-state index contributed by atoms with van der Waals surface area (Å²) in [5.74, 6) is -0.965. The lowest BCUT2D eigenvalue weighted by atomic mass is 10.2. The van der Waals surface area contributed by atoms with Gasteiger partial charge in [-0.05, 0) is 6.07 Å². The Morgan fingerprint density at radius 1 is 1.53 bits per heavy atom. The Labute approximate surface area is 111 Å². The Morgan fingerprint density at radius 2 is 2.26 bits per heavy atom. The van der Waals surface area contributed by atoms with Crippen LogP contribution in [0.4, 0.5) is 11.4 Å². The van der Waals surface area contributed by atoms with Crippen LogP contribution in [0.2, 0.25) is 5.02 Å². The lowest BCUT2D eigenvalue weighted by molar-refractivity contribution is -0.384. The van der Waals surface area contributed by atoms with Gasteiger partial charge in [0.2, 0.25) is 0 Å². The average Bonchev–Trinajstić information content (AvgIpc) is 2.78. The summed E-state index contributed by atoms with van der Waals surface area (Å²) in [4.78, 5) is 21.7. The van der Waals surface area contributed by atoms with E-state index in [1.807, 2.05) is 0 Å². The van der Waals surface area contributed by atoms with Crippen molar-refractivity contribution >= 4 is 28.9 Å². The second-order valence-corrected chi connectivity index (χ2v) is 3.91. The van der Waals surface area contributed by atoms with Crippen LogP contribution < -0.4 is 5.32 Å². The first-order valence-electron chi connectivity index (χ1n) is 4.96. The van der Waals surface area contributed by atoms with Crippen molar-refractivity contribution in [1.29, 1.82) is 0 Å². The Bertz CT molecular complexity index is 655. The predicted octanol–water partition coefficient (Wildman–Crippen LogP) is 1.93. The Hall–Kier alpha value is -2.61. The first-order chi connectivity index (χ1) is 8.99. The number of aromatic nitrogens is 2. The van der Waals surface area contributed by atoms with Crippen molar-refractivity contribution < 1.29 is 14.8 Å². The first-order valence-corrected chi connectivity index (χ1v) is 5.34. The number of phenols is 1. The van der Waals surface area contributed by atoms with Crippen LogP contribution in [0.5, 0.6) is 5.75 Å². The fourth-order valence-corrected chi connectivity index (χ4v) is 1.53. The minimum absolute atomic E-state index is 0.00688. The van der Waals surface area contributed by atoms with E-state index in [4.69, 9.17) is 11.6 Å². The Morgan fingerprint density at radius 3 is 2.84 bits per heavy atom. The largest absolute Gasteiger partial charge is 0.506 e. The normalized spacial score (nSPS) is 10.2. The van der Waals surface area contributed by atoms with E-state index in [1.54, 1.807) is 0 Å². The molecule has 98 valence electrons. The van der Waals surface area contributed by atoms with Crippen molar-refractivity contribution in [3.05, 3.63) is 45.2 Å². The molecule has 0 unspecified atom stereocenters. The number of halogens is 1. The number of non-ortho nitro benzene ring substituents is 1.